The van der Waals surface area contributed by atoms with Crippen LogP contribution >= 0.6 is 11.8 Å². The predicted octanol–water partition coefficient (Wildman–Crippen LogP) is 4.82. The standard InChI is InChI=1S/C19H15F4N3OS/c20-15-5-1-13(2-6-15)11-26-10-9-24-18(26)28-12-17(27)25-16-7-3-14(4-8-16)19(21,22)23/h1-10H,11-12H2,(H,25,27). The summed E-state index contributed by atoms with van der Waals surface area (Å²) in [4.78, 5) is 16.3. The van der Waals surface area contributed by atoms with Crippen LogP contribution in [0.25, 0.3) is 0 Å². The zero-order valence-corrected chi connectivity index (χ0v) is 15.2. The summed E-state index contributed by atoms with van der Waals surface area (Å²) < 4.78 is 52.5. The van der Waals surface area contributed by atoms with Crippen LogP contribution in [0, 0.1) is 5.82 Å². The number of aromatic nitrogens is 2. The average Bonchev–Trinajstić information content (AvgIpc) is 3.09. The van der Waals surface area contributed by atoms with E-state index in [0.29, 0.717) is 11.7 Å². The Morgan fingerprint density at radius 3 is 2.39 bits per heavy atom. The highest BCUT2D eigenvalue weighted by Crippen LogP contribution is 2.29. The molecule has 0 bridgehead atoms. The van der Waals surface area contributed by atoms with E-state index in [1.54, 1.807) is 24.5 Å². The van der Waals surface area contributed by atoms with Gasteiger partial charge in [0, 0.05) is 24.6 Å². The Hall–Kier alpha value is -2.81. The molecule has 0 spiro atoms. The Labute approximate surface area is 162 Å². The van der Waals surface area contributed by atoms with Gasteiger partial charge in [-0.3, -0.25) is 4.79 Å². The first-order valence-corrected chi connectivity index (χ1v) is 9.15. The van der Waals surface area contributed by atoms with Crippen molar-refractivity contribution in [3.8, 4) is 0 Å². The molecule has 0 saturated heterocycles. The highest BCUT2D eigenvalue weighted by molar-refractivity contribution is 7.99. The van der Waals surface area contributed by atoms with Gasteiger partial charge in [0.05, 0.1) is 11.3 Å². The first-order chi connectivity index (χ1) is 13.3. The molecule has 3 aromatic rings. The van der Waals surface area contributed by atoms with E-state index in [0.717, 1.165) is 17.7 Å². The number of rotatable bonds is 6. The highest BCUT2D eigenvalue weighted by atomic mass is 32.2. The van der Waals surface area contributed by atoms with Crippen molar-refractivity contribution >= 4 is 23.4 Å². The highest BCUT2D eigenvalue weighted by Gasteiger charge is 2.29. The van der Waals surface area contributed by atoms with Crippen molar-refractivity contribution in [3.63, 3.8) is 0 Å². The van der Waals surface area contributed by atoms with E-state index in [1.807, 2.05) is 4.57 Å². The van der Waals surface area contributed by atoms with Crippen molar-refractivity contribution in [3.05, 3.63) is 77.9 Å². The Bertz CT molecular complexity index is 937. The number of hydrogen-bond donors (Lipinski definition) is 1. The lowest BCUT2D eigenvalue weighted by Crippen LogP contribution is -2.15. The van der Waals surface area contributed by atoms with E-state index >= 15 is 0 Å². The minimum atomic E-state index is -4.42. The maximum absolute atomic E-state index is 13.0. The third kappa shape index (κ3) is 5.35. The van der Waals surface area contributed by atoms with Gasteiger partial charge in [-0.2, -0.15) is 13.2 Å². The molecular formula is C19H15F4N3OS. The van der Waals surface area contributed by atoms with E-state index < -0.39 is 11.7 Å². The SMILES string of the molecule is O=C(CSc1nccn1Cc1ccc(F)cc1)Nc1ccc(C(F)(F)F)cc1. The molecule has 28 heavy (non-hydrogen) atoms. The van der Waals surface area contributed by atoms with Gasteiger partial charge in [0.2, 0.25) is 5.91 Å². The topological polar surface area (TPSA) is 46.9 Å². The van der Waals surface area contributed by atoms with E-state index in [2.05, 4.69) is 10.3 Å². The van der Waals surface area contributed by atoms with Gasteiger partial charge in [0.25, 0.3) is 0 Å². The fourth-order valence-electron chi connectivity index (χ4n) is 2.41. The molecule has 0 aliphatic carbocycles. The number of halogens is 4. The first kappa shape index (κ1) is 19.9. The zero-order valence-electron chi connectivity index (χ0n) is 14.4. The number of benzene rings is 2. The first-order valence-electron chi connectivity index (χ1n) is 8.17. The third-order valence-electron chi connectivity index (χ3n) is 3.77. The summed E-state index contributed by atoms with van der Waals surface area (Å²) in [7, 11) is 0. The number of amides is 1. The average molecular weight is 409 g/mol. The van der Waals surface area contributed by atoms with Gasteiger partial charge in [-0.05, 0) is 42.0 Å². The molecule has 1 amide bonds. The molecule has 0 unspecified atom stereocenters. The van der Waals surface area contributed by atoms with Gasteiger partial charge < -0.3 is 9.88 Å². The Morgan fingerprint density at radius 1 is 1.07 bits per heavy atom. The number of nitrogens with zero attached hydrogens (tertiary/aromatic N) is 2. The zero-order chi connectivity index (χ0) is 20.1. The lowest BCUT2D eigenvalue weighted by Gasteiger charge is -2.09. The summed E-state index contributed by atoms with van der Waals surface area (Å²) in [6.07, 6.45) is -1.07. The molecule has 1 heterocycles. The minimum Gasteiger partial charge on any atom is -0.325 e. The van der Waals surface area contributed by atoms with Crippen molar-refractivity contribution < 1.29 is 22.4 Å². The van der Waals surface area contributed by atoms with Crippen molar-refractivity contribution in [1.82, 2.24) is 9.55 Å². The van der Waals surface area contributed by atoms with Crippen LogP contribution in [-0.2, 0) is 17.5 Å². The molecule has 146 valence electrons. The quantitative estimate of drug-likeness (QED) is 0.469. The number of hydrogen-bond acceptors (Lipinski definition) is 3. The van der Waals surface area contributed by atoms with Crippen molar-refractivity contribution in [2.75, 3.05) is 11.1 Å². The normalized spacial score (nSPS) is 11.4. The van der Waals surface area contributed by atoms with E-state index in [4.69, 9.17) is 0 Å². The number of imidazole rings is 1. The molecule has 0 radical (unpaired) electrons. The molecule has 0 aliphatic heterocycles. The van der Waals surface area contributed by atoms with Gasteiger partial charge >= 0.3 is 6.18 Å². The van der Waals surface area contributed by atoms with Crippen molar-refractivity contribution in [2.24, 2.45) is 0 Å². The fourth-order valence-corrected chi connectivity index (χ4v) is 3.17. The second-order valence-electron chi connectivity index (χ2n) is 5.88. The summed E-state index contributed by atoms with van der Waals surface area (Å²) >= 11 is 1.20. The number of alkyl halides is 3. The van der Waals surface area contributed by atoms with Crippen LogP contribution in [0.1, 0.15) is 11.1 Å². The van der Waals surface area contributed by atoms with Gasteiger partial charge in [0.1, 0.15) is 5.82 Å². The molecule has 2 aromatic carbocycles. The number of nitrogens with one attached hydrogen (secondary N) is 1. The van der Waals surface area contributed by atoms with Gasteiger partial charge in [-0.15, -0.1) is 0 Å². The van der Waals surface area contributed by atoms with Gasteiger partial charge in [-0.1, -0.05) is 23.9 Å². The van der Waals surface area contributed by atoms with E-state index in [9.17, 15) is 22.4 Å². The smallest absolute Gasteiger partial charge is 0.325 e. The molecule has 1 aromatic heterocycles. The molecular weight excluding hydrogens is 394 g/mol. The lowest BCUT2D eigenvalue weighted by atomic mass is 10.2. The third-order valence-corrected chi connectivity index (χ3v) is 4.78. The van der Waals surface area contributed by atoms with E-state index in [-0.39, 0.29) is 23.2 Å². The Kier molecular flexibility index (Phi) is 6.03. The summed E-state index contributed by atoms with van der Waals surface area (Å²) in [5, 5.41) is 3.16. The summed E-state index contributed by atoms with van der Waals surface area (Å²) in [6.45, 7) is 0.475. The molecule has 0 atom stereocenters. The van der Waals surface area contributed by atoms with Crippen molar-refractivity contribution in [1.29, 1.82) is 0 Å². The molecule has 0 saturated carbocycles. The second-order valence-corrected chi connectivity index (χ2v) is 6.82. The molecule has 0 aliphatic rings. The largest absolute Gasteiger partial charge is 0.416 e. The Balaban J connectivity index is 1.55. The van der Waals surface area contributed by atoms with Crippen molar-refractivity contribution in [2.45, 2.75) is 17.9 Å². The van der Waals surface area contributed by atoms with Crippen LogP contribution < -0.4 is 5.32 Å². The van der Waals surface area contributed by atoms with E-state index in [1.165, 1.54) is 36.0 Å². The summed E-state index contributed by atoms with van der Waals surface area (Å²) in [5.41, 5.74) is 0.395. The number of anilines is 1. The summed E-state index contributed by atoms with van der Waals surface area (Å²) in [5.74, 6) is -0.633. The predicted molar refractivity (Wildman–Crippen MR) is 98.5 cm³/mol. The number of carbonyl (C=O) groups is 1. The molecule has 0 fully saturated rings. The van der Waals surface area contributed by atoms with Crippen LogP contribution in [0.2, 0.25) is 0 Å². The van der Waals surface area contributed by atoms with Crippen LogP contribution in [-0.4, -0.2) is 21.2 Å². The number of carbonyl (C=O) groups excluding carboxylic acids is 1. The van der Waals surface area contributed by atoms with Crippen LogP contribution in [0.15, 0.2) is 66.1 Å². The van der Waals surface area contributed by atoms with Gasteiger partial charge in [0.15, 0.2) is 5.16 Å². The lowest BCUT2D eigenvalue weighted by molar-refractivity contribution is -0.137. The second kappa shape index (κ2) is 8.47. The monoisotopic (exact) mass is 409 g/mol. The van der Waals surface area contributed by atoms with Crippen LogP contribution in [0.4, 0.5) is 23.2 Å². The Morgan fingerprint density at radius 2 is 1.75 bits per heavy atom. The fraction of sp³-hybridized carbons (Fsp3) is 0.158. The molecule has 9 heteroatoms. The number of thioether (sulfide) groups is 1. The minimum absolute atomic E-state index is 0.0431. The molecule has 3 rings (SSSR count). The van der Waals surface area contributed by atoms with Crippen LogP contribution in [0.5, 0.6) is 0 Å². The summed E-state index contributed by atoms with van der Waals surface area (Å²) in [6, 6.07) is 10.3. The van der Waals surface area contributed by atoms with Crippen LogP contribution in [0.3, 0.4) is 0 Å². The maximum atomic E-state index is 13.0. The molecule has 4 nitrogen and oxygen atoms in total. The maximum Gasteiger partial charge on any atom is 0.416 e. The molecule has 1 N–H and O–H groups in total. The van der Waals surface area contributed by atoms with Gasteiger partial charge in [-0.25, -0.2) is 9.37 Å².